The quantitative estimate of drug-likeness (QED) is 0.244. The van der Waals surface area contributed by atoms with Gasteiger partial charge in [0.15, 0.2) is 6.61 Å². The van der Waals surface area contributed by atoms with Gasteiger partial charge >= 0.3 is 12.1 Å². The minimum atomic E-state index is -4.60. The summed E-state index contributed by atoms with van der Waals surface area (Å²) in [5.74, 6) is -0.900. The number of halogens is 3. The minimum Gasteiger partial charge on any atom is -0.495 e. The third-order valence-electron chi connectivity index (χ3n) is 7.13. The lowest BCUT2D eigenvalue weighted by atomic mass is 9.92. The van der Waals surface area contributed by atoms with Gasteiger partial charge in [0.1, 0.15) is 11.5 Å². The van der Waals surface area contributed by atoms with Crippen molar-refractivity contribution < 1.29 is 37.3 Å². The molecule has 0 heterocycles. The van der Waals surface area contributed by atoms with Gasteiger partial charge in [0.25, 0.3) is 5.91 Å². The van der Waals surface area contributed by atoms with Crippen LogP contribution in [0.1, 0.15) is 54.4 Å². The van der Waals surface area contributed by atoms with Crippen LogP contribution in [-0.2, 0) is 11.0 Å². The van der Waals surface area contributed by atoms with Crippen LogP contribution < -0.4 is 14.8 Å². The summed E-state index contributed by atoms with van der Waals surface area (Å²) < 4.78 is 52.2. The molecule has 9 heteroatoms. The smallest absolute Gasteiger partial charge is 0.416 e. The van der Waals surface area contributed by atoms with E-state index in [-0.39, 0.29) is 33.8 Å². The molecule has 3 aromatic rings. The molecule has 2 N–H and O–H groups in total. The molecule has 0 saturated heterocycles. The van der Waals surface area contributed by atoms with E-state index in [0.717, 1.165) is 25.0 Å². The Bertz CT molecular complexity index is 1330. The van der Waals surface area contributed by atoms with E-state index in [1.54, 1.807) is 30.3 Å². The molecule has 0 aromatic heterocycles. The van der Waals surface area contributed by atoms with Crippen LogP contribution in [0.15, 0.2) is 60.7 Å². The van der Waals surface area contributed by atoms with Gasteiger partial charge in [0, 0.05) is 12.1 Å². The second-order valence-electron chi connectivity index (χ2n) is 9.88. The van der Waals surface area contributed by atoms with Crippen LogP contribution >= 0.6 is 0 Å². The third kappa shape index (κ3) is 6.94. The maximum atomic E-state index is 13.6. The van der Waals surface area contributed by atoms with Crippen molar-refractivity contribution in [3.8, 4) is 33.8 Å². The van der Waals surface area contributed by atoms with Gasteiger partial charge < -0.3 is 19.9 Å². The number of carbonyl (C=O) groups is 2. The molecule has 40 heavy (non-hydrogen) atoms. The summed E-state index contributed by atoms with van der Waals surface area (Å²) in [5, 5.41) is 12.3. The first-order valence-electron chi connectivity index (χ1n) is 13.3. The lowest BCUT2D eigenvalue weighted by Crippen LogP contribution is -2.25. The molecule has 1 amide bonds. The van der Waals surface area contributed by atoms with Gasteiger partial charge in [-0.2, -0.15) is 13.2 Å². The minimum absolute atomic E-state index is 0.00237. The predicted octanol–water partition coefficient (Wildman–Crippen LogP) is 7.21. The van der Waals surface area contributed by atoms with E-state index in [1.807, 2.05) is 0 Å². The Labute approximate surface area is 231 Å². The van der Waals surface area contributed by atoms with Crippen molar-refractivity contribution in [2.45, 2.75) is 44.7 Å². The van der Waals surface area contributed by atoms with E-state index in [9.17, 15) is 27.9 Å². The number of carboxylic acid groups (broad SMARTS) is 1. The number of rotatable bonds is 11. The summed E-state index contributed by atoms with van der Waals surface area (Å²) in [6.45, 7) is -0.309. The highest BCUT2D eigenvalue weighted by atomic mass is 19.4. The topological polar surface area (TPSA) is 84.9 Å². The lowest BCUT2D eigenvalue weighted by molar-refractivity contribution is -0.139. The number of ether oxygens (including phenoxy) is 2. The van der Waals surface area contributed by atoms with Crippen molar-refractivity contribution in [1.29, 1.82) is 0 Å². The highest BCUT2D eigenvalue weighted by molar-refractivity contribution is 6.03. The molecule has 0 atom stereocenters. The van der Waals surface area contributed by atoms with E-state index in [1.165, 1.54) is 51.0 Å². The fraction of sp³-hybridized carbons (Fsp3) is 0.355. The van der Waals surface area contributed by atoms with E-state index < -0.39 is 30.2 Å². The van der Waals surface area contributed by atoms with E-state index in [4.69, 9.17) is 9.47 Å². The first-order valence-corrected chi connectivity index (χ1v) is 13.3. The second kappa shape index (κ2) is 12.9. The van der Waals surface area contributed by atoms with Gasteiger partial charge in [-0.3, -0.25) is 4.79 Å². The Hall–Kier alpha value is -4.01. The third-order valence-corrected chi connectivity index (χ3v) is 7.13. The molecule has 1 saturated carbocycles. The number of aliphatic carboxylic acids is 1. The number of hydrogen-bond acceptors (Lipinski definition) is 4. The fourth-order valence-corrected chi connectivity index (χ4v) is 5.24. The molecular weight excluding hydrogens is 523 g/mol. The number of benzene rings is 3. The first kappa shape index (κ1) is 29.0. The second-order valence-corrected chi connectivity index (χ2v) is 9.88. The van der Waals surface area contributed by atoms with Gasteiger partial charge in [-0.05, 0) is 48.1 Å². The Morgan fingerprint density at radius 1 is 0.975 bits per heavy atom. The van der Waals surface area contributed by atoms with Crippen LogP contribution in [0, 0.1) is 5.92 Å². The molecule has 1 fully saturated rings. The van der Waals surface area contributed by atoms with Gasteiger partial charge in [0.05, 0.1) is 23.8 Å². The van der Waals surface area contributed by atoms with Crippen LogP contribution in [0.3, 0.4) is 0 Å². The summed E-state index contributed by atoms with van der Waals surface area (Å²) in [4.78, 5) is 24.9. The maximum absolute atomic E-state index is 13.6. The van der Waals surface area contributed by atoms with Crippen molar-refractivity contribution >= 4 is 11.9 Å². The van der Waals surface area contributed by atoms with Crippen LogP contribution in [-0.4, -0.2) is 37.2 Å². The van der Waals surface area contributed by atoms with Crippen LogP contribution in [0.2, 0.25) is 0 Å². The van der Waals surface area contributed by atoms with Crippen molar-refractivity contribution in [3.05, 3.63) is 71.8 Å². The molecule has 0 unspecified atom stereocenters. The van der Waals surface area contributed by atoms with Gasteiger partial charge in [-0.1, -0.05) is 68.1 Å². The number of carboxylic acids is 1. The average molecular weight is 556 g/mol. The molecule has 6 nitrogen and oxygen atoms in total. The first-order chi connectivity index (χ1) is 19.2. The number of hydrogen-bond donors (Lipinski definition) is 2. The molecule has 0 spiro atoms. The number of nitrogens with one attached hydrogen (secondary N) is 1. The largest absolute Gasteiger partial charge is 0.495 e. The summed E-state index contributed by atoms with van der Waals surface area (Å²) in [6, 6.07) is 14.7. The summed E-state index contributed by atoms with van der Waals surface area (Å²) >= 11 is 0. The van der Waals surface area contributed by atoms with Crippen molar-refractivity contribution in [1.82, 2.24) is 5.32 Å². The number of alkyl halides is 3. The normalized spacial score (nSPS) is 13.7. The van der Waals surface area contributed by atoms with Crippen molar-refractivity contribution in [2.24, 2.45) is 5.92 Å². The molecule has 3 aromatic carbocycles. The molecule has 0 aliphatic heterocycles. The SMILES string of the molecule is COc1c(C(=O)NCCCC2CCCC2)cc(-c2cccc(C(F)(F)F)c2)c(OCC(=O)O)c1-c1ccccc1. The average Bonchev–Trinajstić information content (AvgIpc) is 3.47. The molecule has 4 rings (SSSR count). The highest BCUT2D eigenvalue weighted by Gasteiger charge is 2.32. The van der Waals surface area contributed by atoms with Crippen LogP contribution in [0.5, 0.6) is 11.5 Å². The zero-order valence-corrected chi connectivity index (χ0v) is 22.2. The number of carbonyl (C=O) groups excluding carboxylic acids is 1. The molecule has 0 radical (unpaired) electrons. The van der Waals surface area contributed by atoms with Gasteiger partial charge in [-0.25, -0.2) is 4.79 Å². The highest BCUT2D eigenvalue weighted by Crippen LogP contribution is 2.48. The Kier molecular flexibility index (Phi) is 9.34. The summed E-state index contributed by atoms with van der Waals surface area (Å²) in [6.07, 6.45) is 2.12. The molecule has 1 aliphatic rings. The van der Waals surface area contributed by atoms with Gasteiger partial charge in [-0.15, -0.1) is 0 Å². The van der Waals surface area contributed by atoms with E-state index in [2.05, 4.69) is 5.32 Å². The fourth-order valence-electron chi connectivity index (χ4n) is 5.24. The molecule has 1 aliphatic carbocycles. The number of methoxy groups -OCH3 is 1. The predicted molar refractivity (Wildman–Crippen MR) is 146 cm³/mol. The van der Waals surface area contributed by atoms with Crippen LogP contribution in [0.4, 0.5) is 13.2 Å². The molecule has 212 valence electrons. The Morgan fingerprint density at radius 2 is 1.68 bits per heavy atom. The maximum Gasteiger partial charge on any atom is 0.416 e. The standard InChI is InChI=1S/C31H32F3NO5/c1-39-28-25(30(38)35-16-8-11-20-9-5-6-10-20)18-24(22-14-7-15-23(17-22)31(32,33)34)29(40-19-26(36)37)27(28)21-12-3-2-4-13-21/h2-4,7,12-15,17-18,20H,5-6,8-11,16,19H2,1H3,(H,35,38)(H,36,37). The van der Waals surface area contributed by atoms with E-state index >= 15 is 0 Å². The lowest BCUT2D eigenvalue weighted by Gasteiger charge is -2.22. The zero-order chi connectivity index (χ0) is 28.7. The zero-order valence-electron chi connectivity index (χ0n) is 22.2. The summed E-state index contributed by atoms with van der Waals surface area (Å²) in [7, 11) is 1.38. The van der Waals surface area contributed by atoms with E-state index in [0.29, 0.717) is 18.0 Å². The molecular formula is C31H32F3NO5. The Morgan fingerprint density at radius 3 is 2.33 bits per heavy atom. The van der Waals surface area contributed by atoms with Crippen molar-refractivity contribution in [2.75, 3.05) is 20.3 Å². The van der Waals surface area contributed by atoms with Crippen molar-refractivity contribution in [3.63, 3.8) is 0 Å². The Balaban J connectivity index is 1.83. The van der Waals surface area contributed by atoms with Gasteiger partial charge in [0.2, 0.25) is 0 Å². The number of amides is 1. The monoisotopic (exact) mass is 555 g/mol. The van der Waals surface area contributed by atoms with Crippen LogP contribution in [0.25, 0.3) is 22.3 Å². The molecule has 0 bridgehead atoms. The summed E-state index contributed by atoms with van der Waals surface area (Å²) in [5.41, 5.74) is 0.300.